The zero-order chi connectivity index (χ0) is 11.8. The Bertz CT molecular complexity index is 304. The van der Waals surface area contributed by atoms with Gasteiger partial charge < -0.3 is 20.3 Å². The Hall–Kier alpha value is -1.10. The Morgan fingerprint density at radius 2 is 2.12 bits per heavy atom. The molecule has 0 radical (unpaired) electrons. The highest BCUT2D eigenvalue weighted by molar-refractivity contribution is 5.51. The van der Waals surface area contributed by atoms with E-state index >= 15 is 0 Å². The fraction of sp³-hybridized carbons (Fsp3) is 0.500. The second-order valence-corrected chi connectivity index (χ2v) is 3.62. The van der Waals surface area contributed by atoms with Crippen LogP contribution in [0.5, 0.6) is 0 Å². The lowest BCUT2D eigenvalue weighted by molar-refractivity contribution is 0.105. The quantitative estimate of drug-likeness (QED) is 0.637. The molecule has 1 aromatic carbocycles. The fourth-order valence-corrected chi connectivity index (χ4v) is 1.42. The molecule has 0 bridgehead atoms. The van der Waals surface area contributed by atoms with Gasteiger partial charge in [0.25, 0.3) is 0 Å². The number of para-hydroxylation sites is 1. The predicted molar refractivity (Wildman–Crippen MR) is 63.6 cm³/mol. The maximum absolute atomic E-state index is 9.25. The highest BCUT2D eigenvalue weighted by atomic mass is 16.5. The largest absolute Gasteiger partial charge is 0.394 e. The number of anilines is 1. The normalized spacial score (nSPS) is 12.4. The molecule has 16 heavy (non-hydrogen) atoms. The lowest BCUT2D eigenvalue weighted by atomic mass is 10.1. The Balaban J connectivity index is 2.56. The molecule has 3 N–H and O–H groups in total. The number of aliphatic hydroxyl groups excluding tert-OH is 2. The van der Waals surface area contributed by atoms with Gasteiger partial charge in [0.15, 0.2) is 0 Å². The van der Waals surface area contributed by atoms with Crippen LogP contribution in [0.15, 0.2) is 24.3 Å². The second-order valence-electron chi connectivity index (χ2n) is 3.62. The smallest absolute Gasteiger partial charge is 0.0942 e. The van der Waals surface area contributed by atoms with Crippen LogP contribution in [0.4, 0.5) is 5.69 Å². The molecule has 0 amide bonds. The molecule has 0 saturated heterocycles. The van der Waals surface area contributed by atoms with E-state index in [2.05, 4.69) is 5.32 Å². The summed E-state index contributed by atoms with van der Waals surface area (Å²) < 4.78 is 5.03. The van der Waals surface area contributed by atoms with Crippen molar-refractivity contribution in [3.05, 3.63) is 29.8 Å². The maximum Gasteiger partial charge on any atom is 0.0942 e. The van der Waals surface area contributed by atoms with Crippen molar-refractivity contribution in [2.24, 2.45) is 0 Å². The van der Waals surface area contributed by atoms with Gasteiger partial charge in [-0.25, -0.2) is 0 Å². The van der Waals surface area contributed by atoms with E-state index in [-0.39, 0.29) is 6.61 Å². The minimum absolute atomic E-state index is 0.229. The first-order valence-corrected chi connectivity index (χ1v) is 5.37. The van der Waals surface area contributed by atoms with Crippen LogP contribution in [-0.2, 0) is 11.2 Å². The van der Waals surface area contributed by atoms with Crippen molar-refractivity contribution >= 4 is 5.69 Å². The first-order valence-electron chi connectivity index (χ1n) is 5.37. The highest BCUT2D eigenvalue weighted by Crippen LogP contribution is 2.15. The molecule has 1 rings (SSSR count). The molecule has 0 aliphatic rings. The Kier molecular flexibility index (Phi) is 5.85. The average Bonchev–Trinajstić information content (AvgIpc) is 2.34. The van der Waals surface area contributed by atoms with E-state index in [1.54, 1.807) is 7.11 Å². The molecule has 0 aromatic heterocycles. The molecule has 1 unspecified atom stereocenters. The number of hydrogen-bond acceptors (Lipinski definition) is 4. The van der Waals surface area contributed by atoms with Crippen LogP contribution in [0.25, 0.3) is 0 Å². The van der Waals surface area contributed by atoms with Crippen molar-refractivity contribution in [3.63, 3.8) is 0 Å². The highest BCUT2D eigenvalue weighted by Gasteiger charge is 2.04. The van der Waals surface area contributed by atoms with E-state index < -0.39 is 6.10 Å². The number of nitrogens with one attached hydrogen (secondary N) is 1. The van der Waals surface area contributed by atoms with Crippen LogP contribution in [0, 0.1) is 0 Å². The van der Waals surface area contributed by atoms with Gasteiger partial charge in [-0.05, 0) is 18.1 Å². The lowest BCUT2D eigenvalue weighted by Gasteiger charge is -2.13. The van der Waals surface area contributed by atoms with Crippen LogP contribution >= 0.6 is 0 Å². The first kappa shape index (κ1) is 13.0. The molecule has 1 atom stereocenters. The van der Waals surface area contributed by atoms with Crippen molar-refractivity contribution in [2.45, 2.75) is 12.5 Å². The van der Waals surface area contributed by atoms with E-state index in [0.29, 0.717) is 13.2 Å². The zero-order valence-electron chi connectivity index (χ0n) is 9.52. The molecule has 0 fully saturated rings. The van der Waals surface area contributed by atoms with Gasteiger partial charge in [-0.15, -0.1) is 0 Å². The number of aliphatic hydroxyl groups is 2. The van der Waals surface area contributed by atoms with Crippen molar-refractivity contribution in [1.29, 1.82) is 0 Å². The van der Waals surface area contributed by atoms with Gasteiger partial charge in [-0.2, -0.15) is 0 Å². The SMILES string of the molecule is COCCc1ccccc1NCC(O)CO. The number of methoxy groups -OCH3 is 1. The molecule has 0 saturated carbocycles. The summed E-state index contributed by atoms with van der Waals surface area (Å²) in [5, 5.41) is 21.1. The third-order valence-corrected chi connectivity index (χ3v) is 2.33. The van der Waals surface area contributed by atoms with Crippen molar-refractivity contribution < 1.29 is 14.9 Å². The van der Waals surface area contributed by atoms with Gasteiger partial charge in [0, 0.05) is 19.3 Å². The summed E-state index contributed by atoms with van der Waals surface area (Å²) in [6.07, 6.45) is 0.102. The van der Waals surface area contributed by atoms with E-state index in [1.807, 2.05) is 24.3 Å². The lowest BCUT2D eigenvalue weighted by Crippen LogP contribution is -2.23. The number of ether oxygens (including phenoxy) is 1. The molecule has 1 aromatic rings. The minimum Gasteiger partial charge on any atom is -0.394 e. The summed E-state index contributed by atoms with van der Waals surface area (Å²) in [7, 11) is 1.67. The topological polar surface area (TPSA) is 61.7 Å². The summed E-state index contributed by atoms with van der Waals surface area (Å²) in [4.78, 5) is 0. The number of benzene rings is 1. The number of hydrogen-bond donors (Lipinski definition) is 3. The van der Waals surface area contributed by atoms with Crippen LogP contribution in [0.2, 0.25) is 0 Å². The van der Waals surface area contributed by atoms with Gasteiger partial charge in [0.1, 0.15) is 0 Å². The molecule has 90 valence electrons. The molecule has 0 aliphatic heterocycles. The van der Waals surface area contributed by atoms with Crippen LogP contribution in [0.1, 0.15) is 5.56 Å². The first-order chi connectivity index (χ1) is 7.77. The predicted octanol–water partition coefficient (Wildman–Crippen LogP) is 0.641. The molecule has 4 heteroatoms. The van der Waals surface area contributed by atoms with Crippen LogP contribution < -0.4 is 5.32 Å². The number of rotatable bonds is 7. The molecular formula is C12H19NO3. The summed E-state index contributed by atoms with van der Waals surface area (Å²) in [5.41, 5.74) is 2.13. The van der Waals surface area contributed by atoms with Gasteiger partial charge in [-0.1, -0.05) is 18.2 Å². The molecular weight excluding hydrogens is 206 g/mol. The van der Waals surface area contributed by atoms with Gasteiger partial charge in [0.2, 0.25) is 0 Å². The van der Waals surface area contributed by atoms with Crippen LogP contribution in [0.3, 0.4) is 0 Å². The average molecular weight is 225 g/mol. The van der Waals surface area contributed by atoms with Crippen molar-refractivity contribution in [3.8, 4) is 0 Å². The third-order valence-electron chi connectivity index (χ3n) is 2.33. The molecule has 0 heterocycles. The summed E-state index contributed by atoms with van der Waals surface area (Å²) in [6, 6.07) is 7.88. The van der Waals surface area contributed by atoms with Crippen molar-refractivity contribution in [2.75, 3.05) is 32.2 Å². The van der Waals surface area contributed by atoms with Gasteiger partial charge >= 0.3 is 0 Å². The Morgan fingerprint density at radius 3 is 2.81 bits per heavy atom. The molecule has 4 nitrogen and oxygen atoms in total. The van der Waals surface area contributed by atoms with Gasteiger partial charge in [0.05, 0.1) is 19.3 Å². The summed E-state index contributed by atoms with van der Waals surface area (Å²) in [5.74, 6) is 0. The van der Waals surface area contributed by atoms with Crippen molar-refractivity contribution in [1.82, 2.24) is 0 Å². The van der Waals surface area contributed by atoms with E-state index in [9.17, 15) is 5.11 Å². The van der Waals surface area contributed by atoms with E-state index in [0.717, 1.165) is 17.7 Å². The standard InChI is InChI=1S/C12H19NO3/c1-16-7-6-10-4-2-3-5-12(10)13-8-11(15)9-14/h2-5,11,13-15H,6-9H2,1H3. The molecule has 0 aliphatic carbocycles. The zero-order valence-corrected chi connectivity index (χ0v) is 9.52. The minimum atomic E-state index is -0.726. The molecule has 0 spiro atoms. The second kappa shape index (κ2) is 7.22. The summed E-state index contributed by atoms with van der Waals surface area (Å²) >= 11 is 0. The fourth-order valence-electron chi connectivity index (χ4n) is 1.42. The Labute approximate surface area is 95.9 Å². The van der Waals surface area contributed by atoms with E-state index in [1.165, 1.54) is 0 Å². The monoisotopic (exact) mass is 225 g/mol. The van der Waals surface area contributed by atoms with Crippen LogP contribution in [-0.4, -0.2) is 43.2 Å². The van der Waals surface area contributed by atoms with E-state index in [4.69, 9.17) is 9.84 Å². The Morgan fingerprint density at radius 1 is 1.38 bits per heavy atom. The third kappa shape index (κ3) is 4.18. The summed E-state index contributed by atoms with van der Waals surface area (Å²) in [6.45, 7) is 0.787. The maximum atomic E-state index is 9.25. The van der Waals surface area contributed by atoms with Gasteiger partial charge in [-0.3, -0.25) is 0 Å².